The quantitative estimate of drug-likeness (QED) is 0.621. The molecule has 1 aromatic rings. The van der Waals surface area contributed by atoms with Crippen LogP contribution in [0.4, 0.5) is 0 Å². The Morgan fingerprint density at radius 3 is 2.82 bits per heavy atom. The topological polar surface area (TPSA) is 57.6 Å². The van der Waals surface area contributed by atoms with Crippen LogP contribution in [0.3, 0.4) is 0 Å². The molecule has 1 aromatic carbocycles. The van der Waals surface area contributed by atoms with Crippen LogP contribution in [-0.2, 0) is 9.59 Å². The van der Waals surface area contributed by atoms with E-state index >= 15 is 0 Å². The molecule has 0 bridgehead atoms. The molecule has 4 nitrogen and oxygen atoms in total. The zero-order chi connectivity index (χ0) is 16.3. The summed E-state index contributed by atoms with van der Waals surface area (Å²) in [6, 6.07) is 5.16. The van der Waals surface area contributed by atoms with Crippen LogP contribution < -0.4 is 0 Å². The number of carboxylic acids is 1. The summed E-state index contributed by atoms with van der Waals surface area (Å²) in [6.45, 7) is 0.289. The van der Waals surface area contributed by atoms with Gasteiger partial charge in [-0.3, -0.25) is 14.5 Å². The van der Waals surface area contributed by atoms with Gasteiger partial charge in [-0.15, -0.1) is 0 Å². The second-order valence-electron chi connectivity index (χ2n) is 4.47. The summed E-state index contributed by atoms with van der Waals surface area (Å²) < 4.78 is 0.416. The number of thiocarbonyl (C=S) groups is 1. The molecule has 0 atom stereocenters. The third-order valence-electron chi connectivity index (χ3n) is 2.91. The number of halogens is 2. The molecule has 0 saturated carbocycles. The third-order valence-corrected chi connectivity index (χ3v) is 5.13. The number of carbonyl (C=O) groups is 2. The number of carboxylic acid groups (broad SMARTS) is 1. The molecule has 0 aliphatic carbocycles. The number of nitrogens with zero attached hydrogens (tertiary/aromatic N) is 1. The van der Waals surface area contributed by atoms with Crippen molar-refractivity contribution in [2.75, 3.05) is 6.54 Å². The highest BCUT2D eigenvalue weighted by atomic mass is 35.5. The minimum Gasteiger partial charge on any atom is -0.481 e. The highest BCUT2D eigenvalue weighted by Gasteiger charge is 2.31. The zero-order valence-electron chi connectivity index (χ0n) is 11.2. The first-order valence-electron chi connectivity index (χ1n) is 6.31. The van der Waals surface area contributed by atoms with Crippen molar-refractivity contribution in [1.29, 1.82) is 0 Å². The summed E-state index contributed by atoms with van der Waals surface area (Å²) in [6.07, 6.45) is 1.99. The van der Waals surface area contributed by atoms with E-state index in [1.165, 1.54) is 16.7 Å². The Balaban J connectivity index is 2.15. The van der Waals surface area contributed by atoms with Crippen LogP contribution in [0.2, 0.25) is 10.0 Å². The summed E-state index contributed by atoms with van der Waals surface area (Å²) in [7, 11) is 0. The van der Waals surface area contributed by atoms with Crippen molar-refractivity contribution in [2.24, 2.45) is 0 Å². The van der Waals surface area contributed by atoms with Crippen molar-refractivity contribution in [3.05, 3.63) is 38.7 Å². The van der Waals surface area contributed by atoms with E-state index < -0.39 is 5.97 Å². The second kappa shape index (κ2) is 7.46. The van der Waals surface area contributed by atoms with Crippen molar-refractivity contribution in [3.63, 3.8) is 0 Å². The molecule has 0 radical (unpaired) electrons. The van der Waals surface area contributed by atoms with Gasteiger partial charge in [0.2, 0.25) is 0 Å². The molecule has 1 fully saturated rings. The minimum atomic E-state index is -0.897. The fourth-order valence-electron chi connectivity index (χ4n) is 1.85. The lowest BCUT2D eigenvalue weighted by Gasteiger charge is -2.13. The molecule has 0 unspecified atom stereocenters. The zero-order valence-corrected chi connectivity index (χ0v) is 14.4. The smallest absolute Gasteiger partial charge is 0.303 e. The Bertz CT molecular complexity index is 676. The molecular weight excluding hydrogens is 365 g/mol. The monoisotopic (exact) mass is 375 g/mol. The molecular formula is C14H11Cl2NO3S2. The Labute approximate surface area is 147 Å². The van der Waals surface area contributed by atoms with Crippen molar-refractivity contribution >= 4 is 69.5 Å². The summed E-state index contributed by atoms with van der Waals surface area (Å²) in [5.74, 6) is -1.14. The molecule has 1 saturated heterocycles. The van der Waals surface area contributed by atoms with Gasteiger partial charge in [-0.1, -0.05) is 59.3 Å². The molecule has 22 heavy (non-hydrogen) atoms. The van der Waals surface area contributed by atoms with Crippen molar-refractivity contribution in [1.82, 2.24) is 4.90 Å². The number of aliphatic carboxylic acids is 1. The molecule has 2 rings (SSSR count). The van der Waals surface area contributed by atoms with Gasteiger partial charge in [0, 0.05) is 13.0 Å². The Morgan fingerprint density at radius 2 is 2.14 bits per heavy atom. The van der Waals surface area contributed by atoms with Gasteiger partial charge in [0.1, 0.15) is 4.32 Å². The predicted octanol–water partition coefficient (Wildman–Crippen LogP) is 4.06. The van der Waals surface area contributed by atoms with Crippen molar-refractivity contribution < 1.29 is 14.7 Å². The number of carbonyl (C=O) groups excluding carboxylic acids is 1. The molecule has 1 amide bonds. The van der Waals surface area contributed by atoms with Crippen molar-refractivity contribution in [3.8, 4) is 0 Å². The lowest BCUT2D eigenvalue weighted by Crippen LogP contribution is -2.29. The van der Waals surface area contributed by atoms with Crippen LogP contribution in [0.25, 0.3) is 6.08 Å². The first-order valence-corrected chi connectivity index (χ1v) is 8.29. The summed E-state index contributed by atoms with van der Waals surface area (Å²) in [5, 5.41) is 9.43. The number of rotatable bonds is 5. The third kappa shape index (κ3) is 4.01. The van der Waals surface area contributed by atoms with Gasteiger partial charge in [-0.05, 0) is 24.1 Å². The van der Waals surface area contributed by atoms with Crippen LogP contribution in [0.5, 0.6) is 0 Å². The van der Waals surface area contributed by atoms with Crippen LogP contribution in [0, 0.1) is 0 Å². The lowest BCUT2D eigenvalue weighted by molar-refractivity contribution is -0.137. The van der Waals surface area contributed by atoms with E-state index in [0.717, 1.165) is 0 Å². The summed E-state index contributed by atoms with van der Waals surface area (Å²) >= 11 is 18.4. The van der Waals surface area contributed by atoms with Gasteiger partial charge in [0.15, 0.2) is 0 Å². The Kier molecular flexibility index (Phi) is 5.86. The van der Waals surface area contributed by atoms with E-state index in [0.29, 0.717) is 31.3 Å². The fourth-order valence-corrected chi connectivity index (χ4v) is 3.52. The predicted molar refractivity (Wildman–Crippen MR) is 93.2 cm³/mol. The molecule has 1 heterocycles. The van der Waals surface area contributed by atoms with Gasteiger partial charge < -0.3 is 5.11 Å². The molecule has 1 aliphatic rings. The van der Waals surface area contributed by atoms with E-state index in [1.54, 1.807) is 24.3 Å². The van der Waals surface area contributed by atoms with Gasteiger partial charge in [0.05, 0.1) is 15.0 Å². The normalized spacial score (nSPS) is 16.6. The summed E-state index contributed by atoms with van der Waals surface area (Å²) in [4.78, 5) is 24.7. The molecule has 1 aliphatic heterocycles. The number of thioether (sulfide) groups is 1. The first kappa shape index (κ1) is 17.3. The van der Waals surface area contributed by atoms with Crippen LogP contribution in [0.15, 0.2) is 23.1 Å². The van der Waals surface area contributed by atoms with Crippen LogP contribution in [-0.4, -0.2) is 32.7 Å². The average Bonchev–Trinajstić information content (AvgIpc) is 2.71. The highest BCUT2D eigenvalue weighted by Crippen LogP contribution is 2.35. The number of hydrogen-bond donors (Lipinski definition) is 1. The largest absolute Gasteiger partial charge is 0.481 e. The number of hydrogen-bond acceptors (Lipinski definition) is 4. The van der Waals surface area contributed by atoms with Crippen LogP contribution in [0.1, 0.15) is 18.4 Å². The Hall–Kier alpha value is -1.08. The number of benzene rings is 1. The maximum Gasteiger partial charge on any atom is 0.303 e. The summed E-state index contributed by atoms with van der Waals surface area (Å²) in [5.41, 5.74) is 0.639. The van der Waals surface area contributed by atoms with Crippen LogP contribution >= 0.6 is 47.2 Å². The maximum absolute atomic E-state index is 12.3. The molecule has 0 aromatic heterocycles. The SMILES string of the molecule is O=C(O)CCCN1C(=O)/C(=C/c2cccc(Cl)c2Cl)SC1=S. The van der Waals surface area contributed by atoms with Gasteiger partial charge in [0.25, 0.3) is 5.91 Å². The second-order valence-corrected chi connectivity index (χ2v) is 6.93. The molecule has 0 spiro atoms. The van der Waals surface area contributed by atoms with E-state index in [9.17, 15) is 9.59 Å². The fraction of sp³-hybridized carbons (Fsp3) is 0.214. The minimum absolute atomic E-state index is 0.00374. The standard InChI is InChI=1S/C14H11Cl2NO3S2/c15-9-4-1-3-8(12(9)16)7-10-13(20)17(14(21)22-10)6-2-5-11(18)19/h1,3-4,7H,2,5-6H2,(H,18,19)/b10-7-. The van der Waals surface area contributed by atoms with Gasteiger partial charge in [-0.25, -0.2) is 0 Å². The van der Waals surface area contributed by atoms with Gasteiger partial charge >= 0.3 is 5.97 Å². The highest BCUT2D eigenvalue weighted by molar-refractivity contribution is 8.26. The molecule has 1 N–H and O–H groups in total. The van der Waals surface area contributed by atoms with E-state index in [2.05, 4.69) is 0 Å². The maximum atomic E-state index is 12.3. The first-order chi connectivity index (χ1) is 10.4. The van der Waals surface area contributed by atoms with Crippen molar-refractivity contribution in [2.45, 2.75) is 12.8 Å². The van der Waals surface area contributed by atoms with E-state index in [4.69, 9.17) is 40.5 Å². The van der Waals surface area contributed by atoms with E-state index in [-0.39, 0.29) is 18.9 Å². The Morgan fingerprint density at radius 1 is 1.41 bits per heavy atom. The average molecular weight is 376 g/mol. The number of amides is 1. The van der Waals surface area contributed by atoms with Gasteiger partial charge in [-0.2, -0.15) is 0 Å². The van der Waals surface area contributed by atoms with E-state index in [1.807, 2.05) is 0 Å². The molecule has 116 valence electrons. The molecule has 8 heteroatoms. The lowest BCUT2D eigenvalue weighted by atomic mass is 10.2.